The van der Waals surface area contributed by atoms with E-state index < -0.39 is 6.10 Å². The first-order valence-electron chi connectivity index (χ1n) is 10.9. The SMILES string of the molecule is CCCCCCCCCCCCC1=CC=C(C(=O)c2ccccc2)C(O)C1=O. The summed E-state index contributed by atoms with van der Waals surface area (Å²) in [6.07, 6.45) is 15.2. The van der Waals surface area contributed by atoms with Crippen LogP contribution in [-0.4, -0.2) is 22.8 Å². The number of aliphatic hydroxyl groups is 1. The van der Waals surface area contributed by atoms with Gasteiger partial charge in [0.15, 0.2) is 11.6 Å². The lowest BCUT2D eigenvalue weighted by Crippen LogP contribution is -2.30. The van der Waals surface area contributed by atoms with Gasteiger partial charge in [-0.3, -0.25) is 9.59 Å². The molecular weight excluding hydrogens is 348 g/mol. The van der Waals surface area contributed by atoms with E-state index in [1.165, 1.54) is 51.4 Å². The summed E-state index contributed by atoms with van der Waals surface area (Å²) in [6, 6.07) is 8.78. The van der Waals surface area contributed by atoms with Gasteiger partial charge in [0, 0.05) is 11.1 Å². The molecule has 0 saturated heterocycles. The van der Waals surface area contributed by atoms with Crippen LogP contribution in [0.5, 0.6) is 0 Å². The normalized spacial score (nSPS) is 16.6. The second kappa shape index (κ2) is 12.5. The lowest BCUT2D eigenvalue weighted by Gasteiger charge is -2.19. The maximum absolute atomic E-state index is 12.5. The minimum atomic E-state index is -1.34. The molecule has 0 saturated carbocycles. The van der Waals surface area contributed by atoms with Gasteiger partial charge < -0.3 is 5.11 Å². The van der Waals surface area contributed by atoms with Gasteiger partial charge in [-0.15, -0.1) is 0 Å². The average molecular weight is 383 g/mol. The second-order valence-electron chi connectivity index (χ2n) is 7.71. The summed E-state index contributed by atoms with van der Waals surface area (Å²) in [5.74, 6) is -0.603. The Kier molecular flexibility index (Phi) is 9.92. The summed E-state index contributed by atoms with van der Waals surface area (Å²) in [5.41, 5.74) is 1.30. The summed E-state index contributed by atoms with van der Waals surface area (Å²) in [5, 5.41) is 10.3. The maximum atomic E-state index is 12.5. The molecular formula is C25H34O3. The predicted molar refractivity (Wildman–Crippen MR) is 114 cm³/mol. The van der Waals surface area contributed by atoms with Crippen molar-refractivity contribution >= 4 is 11.6 Å². The molecule has 0 aliphatic heterocycles. The first kappa shape index (κ1) is 22.3. The summed E-state index contributed by atoms with van der Waals surface area (Å²) in [6.45, 7) is 2.24. The Labute approximate surface area is 169 Å². The zero-order chi connectivity index (χ0) is 20.2. The summed E-state index contributed by atoms with van der Waals surface area (Å²) < 4.78 is 0. The zero-order valence-corrected chi connectivity index (χ0v) is 17.2. The Hall–Kier alpha value is -2.00. The molecule has 0 amide bonds. The van der Waals surface area contributed by atoms with Crippen LogP contribution in [-0.2, 0) is 4.79 Å². The Morgan fingerprint density at radius 3 is 2.04 bits per heavy atom. The highest BCUT2D eigenvalue weighted by Gasteiger charge is 2.30. The van der Waals surface area contributed by atoms with E-state index in [2.05, 4.69) is 6.92 Å². The molecule has 1 aromatic carbocycles. The summed E-state index contributed by atoms with van der Waals surface area (Å²) in [4.78, 5) is 24.9. The molecule has 1 N–H and O–H groups in total. The van der Waals surface area contributed by atoms with Crippen molar-refractivity contribution in [1.29, 1.82) is 0 Å². The lowest BCUT2D eigenvalue weighted by atomic mass is 9.87. The standard InChI is InChI=1S/C25H34O3/c1-2-3-4-5-6-7-8-9-10-12-17-21-18-19-22(25(28)24(21)27)23(26)20-15-13-11-14-16-20/h11,13-16,18-19,25,28H,2-10,12,17H2,1H3. The number of allylic oxidation sites excluding steroid dienone is 2. The third-order valence-electron chi connectivity index (χ3n) is 5.42. The fourth-order valence-corrected chi connectivity index (χ4v) is 3.65. The molecule has 1 unspecified atom stereocenters. The predicted octanol–water partition coefficient (Wildman–Crippen LogP) is 5.98. The molecule has 1 atom stereocenters. The van der Waals surface area contributed by atoms with E-state index in [0.717, 1.165) is 12.8 Å². The number of hydrogen-bond acceptors (Lipinski definition) is 3. The van der Waals surface area contributed by atoms with Crippen LogP contribution in [0.25, 0.3) is 0 Å². The second-order valence-corrected chi connectivity index (χ2v) is 7.71. The van der Waals surface area contributed by atoms with Crippen molar-refractivity contribution in [2.45, 2.75) is 83.7 Å². The van der Waals surface area contributed by atoms with Crippen molar-refractivity contribution in [3.63, 3.8) is 0 Å². The van der Waals surface area contributed by atoms with E-state index >= 15 is 0 Å². The van der Waals surface area contributed by atoms with Crippen molar-refractivity contribution in [1.82, 2.24) is 0 Å². The Bertz CT molecular complexity index is 685. The summed E-state index contributed by atoms with van der Waals surface area (Å²) in [7, 11) is 0. The average Bonchev–Trinajstić information content (AvgIpc) is 2.72. The number of carbonyl (C=O) groups is 2. The molecule has 3 heteroatoms. The van der Waals surface area contributed by atoms with Gasteiger partial charge in [-0.05, 0) is 18.4 Å². The first-order valence-corrected chi connectivity index (χ1v) is 10.9. The zero-order valence-electron chi connectivity index (χ0n) is 17.2. The molecule has 3 nitrogen and oxygen atoms in total. The van der Waals surface area contributed by atoms with Crippen LogP contribution in [0.2, 0.25) is 0 Å². The Morgan fingerprint density at radius 1 is 0.857 bits per heavy atom. The van der Waals surface area contributed by atoms with E-state index in [-0.39, 0.29) is 17.1 Å². The number of hydrogen-bond donors (Lipinski definition) is 1. The van der Waals surface area contributed by atoms with Gasteiger partial charge in [-0.1, -0.05) is 107 Å². The number of unbranched alkanes of at least 4 members (excludes halogenated alkanes) is 9. The number of aliphatic hydroxyl groups excluding tert-OH is 1. The van der Waals surface area contributed by atoms with Crippen LogP contribution in [0.3, 0.4) is 0 Å². The molecule has 0 fully saturated rings. The molecule has 1 aromatic rings. The van der Waals surface area contributed by atoms with Crippen LogP contribution in [0.1, 0.15) is 87.9 Å². The molecule has 0 bridgehead atoms. The molecule has 0 heterocycles. The molecule has 152 valence electrons. The van der Waals surface area contributed by atoms with Crippen molar-refractivity contribution in [2.24, 2.45) is 0 Å². The number of benzene rings is 1. The monoisotopic (exact) mass is 382 g/mol. The number of ketones is 2. The van der Waals surface area contributed by atoms with Gasteiger partial charge in [0.25, 0.3) is 0 Å². The molecule has 28 heavy (non-hydrogen) atoms. The van der Waals surface area contributed by atoms with Gasteiger partial charge in [0.1, 0.15) is 6.10 Å². The van der Waals surface area contributed by atoms with Crippen molar-refractivity contribution in [2.75, 3.05) is 0 Å². The number of Topliss-reactive ketones (excluding diaryl/α,β-unsaturated/α-hetero) is 2. The van der Waals surface area contributed by atoms with Crippen LogP contribution >= 0.6 is 0 Å². The van der Waals surface area contributed by atoms with Crippen LogP contribution < -0.4 is 0 Å². The van der Waals surface area contributed by atoms with E-state index in [4.69, 9.17) is 0 Å². The molecule has 0 aromatic heterocycles. The first-order chi connectivity index (χ1) is 13.6. The van der Waals surface area contributed by atoms with E-state index in [1.54, 1.807) is 36.4 Å². The minimum Gasteiger partial charge on any atom is -0.380 e. The van der Waals surface area contributed by atoms with Gasteiger partial charge in [-0.2, -0.15) is 0 Å². The van der Waals surface area contributed by atoms with Crippen molar-refractivity contribution in [3.8, 4) is 0 Å². The quantitative estimate of drug-likeness (QED) is 0.337. The van der Waals surface area contributed by atoms with Gasteiger partial charge in [0.05, 0.1) is 0 Å². The van der Waals surface area contributed by atoms with Crippen LogP contribution in [0.4, 0.5) is 0 Å². The van der Waals surface area contributed by atoms with E-state index in [9.17, 15) is 14.7 Å². The fraction of sp³-hybridized carbons (Fsp3) is 0.520. The van der Waals surface area contributed by atoms with E-state index in [0.29, 0.717) is 17.6 Å². The Balaban J connectivity index is 1.73. The third kappa shape index (κ3) is 6.87. The molecule has 0 radical (unpaired) electrons. The van der Waals surface area contributed by atoms with Gasteiger partial charge >= 0.3 is 0 Å². The summed E-state index contributed by atoms with van der Waals surface area (Å²) >= 11 is 0. The van der Waals surface area contributed by atoms with Crippen LogP contribution in [0, 0.1) is 0 Å². The number of rotatable bonds is 13. The molecule has 1 aliphatic carbocycles. The van der Waals surface area contributed by atoms with Gasteiger partial charge in [0.2, 0.25) is 0 Å². The third-order valence-corrected chi connectivity index (χ3v) is 5.42. The van der Waals surface area contributed by atoms with Gasteiger partial charge in [-0.25, -0.2) is 0 Å². The Morgan fingerprint density at radius 2 is 1.43 bits per heavy atom. The highest BCUT2D eigenvalue weighted by atomic mass is 16.3. The topological polar surface area (TPSA) is 54.4 Å². The molecule has 0 spiro atoms. The highest BCUT2D eigenvalue weighted by Crippen LogP contribution is 2.23. The smallest absolute Gasteiger partial charge is 0.192 e. The largest absolute Gasteiger partial charge is 0.380 e. The molecule has 1 aliphatic rings. The van der Waals surface area contributed by atoms with Crippen LogP contribution in [0.15, 0.2) is 53.6 Å². The lowest BCUT2D eigenvalue weighted by molar-refractivity contribution is -0.121. The van der Waals surface area contributed by atoms with Crippen molar-refractivity contribution < 1.29 is 14.7 Å². The van der Waals surface area contributed by atoms with Crippen molar-refractivity contribution in [3.05, 3.63) is 59.2 Å². The minimum absolute atomic E-state index is 0.169. The fourth-order valence-electron chi connectivity index (χ4n) is 3.65. The maximum Gasteiger partial charge on any atom is 0.192 e. The highest BCUT2D eigenvalue weighted by molar-refractivity contribution is 6.16. The van der Waals surface area contributed by atoms with E-state index in [1.807, 2.05) is 6.07 Å². The molecule has 2 rings (SSSR count). The number of carbonyl (C=O) groups excluding carboxylic acids is 2.